The first-order chi connectivity index (χ1) is 15.5. The lowest BCUT2D eigenvalue weighted by molar-refractivity contribution is 0.224. The number of imidazole rings is 1. The van der Waals surface area contributed by atoms with Crippen LogP contribution in [0.1, 0.15) is 90.3 Å². The van der Waals surface area contributed by atoms with E-state index in [1.54, 1.807) is 0 Å². The monoisotopic (exact) mass is 481 g/mol. The van der Waals surface area contributed by atoms with E-state index < -0.39 is 10.8 Å². The second-order valence-electron chi connectivity index (χ2n) is 9.36. The lowest BCUT2D eigenvalue weighted by atomic mass is 10.1. The van der Waals surface area contributed by atoms with Crippen LogP contribution in [0.15, 0.2) is 5.03 Å². The minimum atomic E-state index is -1.23. The summed E-state index contributed by atoms with van der Waals surface area (Å²) in [5, 5.41) is 0.593. The summed E-state index contributed by atoms with van der Waals surface area (Å²) in [6.07, 6.45) is 14.5. The van der Waals surface area contributed by atoms with Gasteiger partial charge in [0.05, 0.1) is 10.8 Å². The van der Waals surface area contributed by atoms with Crippen LogP contribution in [-0.2, 0) is 17.3 Å². The Morgan fingerprint density at radius 1 is 0.875 bits per heavy atom. The van der Waals surface area contributed by atoms with E-state index in [4.69, 9.17) is 11.6 Å². The number of hydrogen-bond donors (Lipinski definition) is 0. The van der Waals surface area contributed by atoms with Crippen LogP contribution in [0, 0.1) is 6.92 Å². The van der Waals surface area contributed by atoms with Gasteiger partial charge in [0.15, 0.2) is 10.7 Å². The number of hydrogen-bond acceptors (Lipinski definition) is 5. The van der Waals surface area contributed by atoms with Crippen molar-refractivity contribution in [2.75, 3.05) is 19.6 Å². The van der Waals surface area contributed by atoms with Crippen LogP contribution in [0.4, 0.5) is 0 Å². The highest BCUT2D eigenvalue weighted by molar-refractivity contribution is 7.85. The summed E-state index contributed by atoms with van der Waals surface area (Å²) in [5.74, 6) is 0.882. The molecule has 1 unspecified atom stereocenters. The Morgan fingerprint density at radius 3 is 2.09 bits per heavy atom. The highest BCUT2D eigenvalue weighted by atomic mass is 35.5. The number of likely N-dealkylation sites (tertiary alicyclic amines) is 1. The van der Waals surface area contributed by atoms with E-state index in [0.717, 1.165) is 24.3 Å². The summed E-state index contributed by atoms with van der Waals surface area (Å²) < 4.78 is 14.9. The predicted molar refractivity (Wildman–Crippen MR) is 134 cm³/mol. The predicted octanol–water partition coefficient (Wildman–Crippen LogP) is 5.91. The molecule has 2 aromatic heterocycles. The summed E-state index contributed by atoms with van der Waals surface area (Å²) in [5.41, 5.74) is 1.34. The van der Waals surface area contributed by atoms with Gasteiger partial charge in [-0.05, 0) is 63.8 Å². The number of piperidine rings is 1. The Kier molecular flexibility index (Phi) is 10.4. The minimum absolute atomic E-state index is 0.0346. The number of aryl methyl sites for hydroxylation is 2. The molecule has 0 radical (unpaired) electrons. The quantitative estimate of drug-likeness (QED) is 0.202. The third kappa shape index (κ3) is 7.22. The van der Waals surface area contributed by atoms with Crippen molar-refractivity contribution < 1.29 is 4.21 Å². The maximum Gasteiger partial charge on any atom is 0.225 e. The molecule has 3 rings (SSSR count). The van der Waals surface area contributed by atoms with E-state index in [2.05, 4.69) is 24.4 Å². The Balaban J connectivity index is 1.39. The van der Waals surface area contributed by atoms with Gasteiger partial charge < -0.3 is 9.47 Å². The highest BCUT2D eigenvalue weighted by Gasteiger charge is 2.21. The SMILES string of the molecule is Cc1nc2nc(Cl)nc(S(=O)C(C)C)c2n1CCCCCCCCCCN1CCCCC1. The van der Waals surface area contributed by atoms with E-state index in [-0.39, 0.29) is 10.5 Å². The zero-order valence-electron chi connectivity index (χ0n) is 20.1. The van der Waals surface area contributed by atoms with E-state index in [1.165, 1.54) is 83.8 Å². The lowest BCUT2D eigenvalue weighted by Gasteiger charge is -2.26. The summed E-state index contributed by atoms with van der Waals surface area (Å²) in [6, 6.07) is 0. The smallest absolute Gasteiger partial charge is 0.225 e. The molecule has 0 aliphatic carbocycles. The van der Waals surface area contributed by atoms with E-state index in [0.29, 0.717) is 10.7 Å². The molecule has 0 amide bonds. The zero-order chi connectivity index (χ0) is 22.9. The molecule has 32 heavy (non-hydrogen) atoms. The normalized spacial score (nSPS) is 16.3. The Hall–Kier alpha value is -1.05. The number of rotatable bonds is 13. The highest BCUT2D eigenvalue weighted by Crippen LogP contribution is 2.24. The van der Waals surface area contributed by atoms with Crippen molar-refractivity contribution in [3.63, 3.8) is 0 Å². The second-order valence-corrected chi connectivity index (χ2v) is 11.6. The number of nitrogens with zero attached hydrogens (tertiary/aromatic N) is 5. The number of halogens is 1. The number of aromatic nitrogens is 4. The average molecular weight is 482 g/mol. The van der Waals surface area contributed by atoms with Crippen LogP contribution in [0.25, 0.3) is 11.2 Å². The molecule has 2 aromatic rings. The molecule has 1 atom stereocenters. The summed E-state index contributed by atoms with van der Waals surface area (Å²) in [6.45, 7) is 10.6. The molecule has 1 fully saturated rings. The van der Waals surface area contributed by atoms with Crippen LogP contribution in [0.2, 0.25) is 5.28 Å². The number of unbranched alkanes of at least 4 members (excludes halogenated alkanes) is 7. The molecule has 0 N–H and O–H groups in total. The van der Waals surface area contributed by atoms with Gasteiger partial charge in [0.25, 0.3) is 0 Å². The lowest BCUT2D eigenvalue weighted by Crippen LogP contribution is -2.30. The van der Waals surface area contributed by atoms with Gasteiger partial charge in [0, 0.05) is 11.8 Å². The van der Waals surface area contributed by atoms with Gasteiger partial charge in [0.2, 0.25) is 5.28 Å². The van der Waals surface area contributed by atoms with Gasteiger partial charge >= 0.3 is 0 Å². The van der Waals surface area contributed by atoms with E-state index in [9.17, 15) is 4.21 Å². The molecule has 180 valence electrons. The third-order valence-corrected chi connectivity index (χ3v) is 8.10. The molecule has 0 aromatic carbocycles. The first kappa shape index (κ1) is 25.6. The minimum Gasteiger partial charge on any atom is -0.325 e. The van der Waals surface area contributed by atoms with Gasteiger partial charge in [-0.15, -0.1) is 0 Å². The van der Waals surface area contributed by atoms with Crippen molar-refractivity contribution in [3.8, 4) is 0 Å². The first-order valence-electron chi connectivity index (χ1n) is 12.5. The fraction of sp³-hybridized carbons (Fsp3) is 0.792. The van der Waals surface area contributed by atoms with E-state index in [1.807, 2.05) is 20.8 Å². The molecule has 1 aliphatic heterocycles. The van der Waals surface area contributed by atoms with Crippen LogP contribution in [0.3, 0.4) is 0 Å². The summed E-state index contributed by atoms with van der Waals surface area (Å²) in [4.78, 5) is 15.8. The standard InChI is InChI=1S/C24H40ClN5OS/c1-19(2)32(31)23-21-22(27-24(25)28-23)26-20(3)30(21)18-14-9-7-5-4-6-8-11-15-29-16-12-10-13-17-29/h19H,4-18H2,1-3H3. The van der Waals surface area contributed by atoms with Crippen LogP contribution < -0.4 is 0 Å². The zero-order valence-corrected chi connectivity index (χ0v) is 21.7. The summed E-state index contributed by atoms with van der Waals surface area (Å²) in [7, 11) is -1.23. The van der Waals surface area contributed by atoms with Crippen molar-refractivity contribution in [3.05, 3.63) is 11.1 Å². The first-order valence-corrected chi connectivity index (χ1v) is 14.1. The van der Waals surface area contributed by atoms with Crippen molar-refractivity contribution >= 4 is 33.6 Å². The maximum atomic E-state index is 12.8. The molecule has 8 heteroatoms. The molecule has 0 bridgehead atoms. The average Bonchev–Trinajstić information content (AvgIpc) is 3.09. The van der Waals surface area contributed by atoms with Gasteiger partial charge in [0.1, 0.15) is 11.3 Å². The number of fused-ring (bicyclic) bond motifs is 1. The maximum absolute atomic E-state index is 12.8. The van der Waals surface area contributed by atoms with Crippen molar-refractivity contribution in [2.24, 2.45) is 0 Å². The van der Waals surface area contributed by atoms with Gasteiger partial charge in [-0.25, -0.2) is 9.97 Å². The molecule has 1 aliphatic rings. The van der Waals surface area contributed by atoms with Crippen molar-refractivity contribution in [2.45, 2.75) is 108 Å². The summed E-state index contributed by atoms with van der Waals surface area (Å²) >= 11 is 6.07. The molecular formula is C24H40ClN5OS. The topological polar surface area (TPSA) is 63.9 Å². The third-order valence-electron chi connectivity index (χ3n) is 6.41. The van der Waals surface area contributed by atoms with E-state index >= 15 is 0 Å². The van der Waals surface area contributed by atoms with Gasteiger partial charge in [-0.1, -0.05) is 58.8 Å². The molecule has 3 heterocycles. The fourth-order valence-corrected chi connectivity index (χ4v) is 5.80. The van der Waals surface area contributed by atoms with Crippen LogP contribution in [0.5, 0.6) is 0 Å². The molecular weight excluding hydrogens is 442 g/mol. The van der Waals surface area contributed by atoms with Gasteiger partial charge in [-0.3, -0.25) is 4.21 Å². The fourth-order valence-electron chi connectivity index (χ4n) is 4.57. The Morgan fingerprint density at radius 2 is 1.47 bits per heavy atom. The van der Waals surface area contributed by atoms with Crippen molar-refractivity contribution in [1.82, 2.24) is 24.4 Å². The Labute approximate surface area is 201 Å². The molecule has 6 nitrogen and oxygen atoms in total. The van der Waals surface area contributed by atoms with Crippen molar-refractivity contribution in [1.29, 1.82) is 0 Å². The van der Waals surface area contributed by atoms with Crippen LogP contribution >= 0.6 is 11.6 Å². The Bertz CT molecular complexity index is 879. The second kappa shape index (κ2) is 13.0. The molecule has 0 saturated carbocycles. The van der Waals surface area contributed by atoms with Crippen LogP contribution in [-0.4, -0.2) is 53.5 Å². The largest absolute Gasteiger partial charge is 0.325 e. The molecule has 0 spiro atoms. The van der Waals surface area contributed by atoms with Gasteiger partial charge in [-0.2, -0.15) is 4.98 Å². The molecule has 1 saturated heterocycles.